The van der Waals surface area contributed by atoms with Gasteiger partial charge in [-0.1, -0.05) is 24.3 Å². The Bertz CT molecular complexity index is 535. The number of benzene rings is 1. The van der Waals surface area contributed by atoms with Crippen molar-refractivity contribution in [2.45, 2.75) is 25.3 Å². The average Bonchev–Trinajstić information content (AvgIpc) is 2.82. The van der Waals surface area contributed by atoms with E-state index < -0.39 is 0 Å². The van der Waals surface area contributed by atoms with Crippen LogP contribution in [0.25, 0.3) is 0 Å². The molecule has 94 valence electrons. The minimum atomic E-state index is 0.436. The summed E-state index contributed by atoms with van der Waals surface area (Å²) >= 11 is 1.99. The molecule has 18 heavy (non-hydrogen) atoms. The number of hydrogen-bond acceptors (Lipinski definition) is 3. The monoisotopic (exact) mass is 259 g/mol. The van der Waals surface area contributed by atoms with Crippen LogP contribution in [-0.4, -0.2) is 5.75 Å². The van der Waals surface area contributed by atoms with E-state index in [-0.39, 0.29) is 0 Å². The van der Waals surface area contributed by atoms with Gasteiger partial charge in [-0.3, -0.25) is 0 Å². The molecule has 1 aliphatic rings. The summed E-state index contributed by atoms with van der Waals surface area (Å²) in [6, 6.07) is 13.2. The van der Waals surface area contributed by atoms with Crippen molar-refractivity contribution in [3.05, 3.63) is 59.0 Å². The van der Waals surface area contributed by atoms with Crippen molar-refractivity contribution in [1.82, 2.24) is 5.32 Å². The van der Waals surface area contributed by atoms with Gasteiger partial charge >= 0.3 is 0 Å². The number of furan rings is 1. The molecule has 0 aliphatic carbocycles. The Morgan fingerprint density at radius 3 is 3.00 bits per heavy atom. The molecule has 2 heterocycles. The maximum absolute atomic E-state index is 5.59. The highest BCUT2D eigenvalue weighted by atomic mass is 32.2. The average molecular weight is 259 g/mol. The van der Waals surface area contributed by atoms with E-state index in [1.54, 1.807) is 0 Å². The van der Waals surface area contributed by atoms with Crippen LogP contribution in [0.3, 0.4) is 0 Å². The lowest BCUT2D eigenvalue weighted by Gasteiger charge is -2.25. The predicted octanol–water partition coefficient (Wildman–Crippen LogP) is 3.67. The number of nitrogens with one attached hydrogen (secondary N) is 1. The Labute approximate surface area is 112 Å². The molecule has 3 heteroatoms. The van der Waals surface area contributed by atoms with Crippen molar-refractivity contribution >= 4 is 11.8 Å². The van der Waals surface area contributed by atoms with Crippen molar-refractivity contribution < 1.29 is 4.42 Å². The molecule has 0 saturated heterocycles. The number of hydrogen-bond donors (Lipinski definition) is 1. The first-order valence-electron chi connectivity index (χ1n) is 6.27. The van der Waals surface area contributed by atoms with Crippen molar-refractivity contribution in [2.24, 2.45) is 0 Å². The largest absolute Gasteiger partial charge is 0.465 e. The summed E-state index contributed by atoms with van der Waals surface area (Å²) in [5.41, 5.74) is 2.90. The van der Waals surface area contributed by atoms with E-state index in [0.29, 0.717) is 6.04 Å². The molecule has 3 rings (SSSR count). The highest BCUT2D eigenvalue weighted by molar-refractivity contribution is 7.98. The number of aryl methyl sites for hydroxylation is 1. The van der Waals surface area contributed by atoms with Crippen LogP contribution in [0.1, 0.15) is 28.7 Å². The van der Waals surface area contributed by atoms with E-state index in [9.17, 15) is 0 Å². The van der Waals surface area contributed by atoms with Crippen molar-refractivity contribution in [1.29, 1.82) is 0 Å². The van der Waals surface area contributed by atoms with Gasteiger partial charge in [-0.15, -0.1) is 0 Å². The molecule has 2 nitrogen and oxygen atoms in total. The highest BCUT2D eigenvalue weighted by Crippen LogP contribution is 2.31. The van der Waals surface area contributed by atoms with Gasteiger partial charge in [0.25, 0.3) is 0 Å². The van der Waals surface area contributed by atoms with Crippen LogP contribution in [0.4, 0.5) is 0 Å². The van der Waals surface area contributed by atoms with Crippen molar-refractivity contribution in [3.8, 4) is 0 Å². The molecule has 0 radical (unpaired) electrons. The van der Waals surface area contributed by atoms with Crippen molar-refractivity contribution in [2.75, 3.05) is 5.75 Å². The summed E-state index contributed by atoms with van der Waals surface area (Å²) in [6.07, 6.45) is 0. The molecule has 1 unspecified atom stereocenters. The van der Waals surface area contributed by atoms with Gasteiger partial charge in [0, 0.05) is 17.5 Å². The maximum Gasteiger partial charge on any atom is 0.117 e. The van der Waals surface area contributed by atoms with Crippen LogP contribution in [0.5, 0.6) is 0 Å². The minimum Gasteiger partial charge on any atom is -0.465 e. The zero-order chi connectivity index (χ0) is 12.4. The van der Waals surface area contributed by atoms with Crippen molar-refractivity contribution in [3.63, 3.8) is 0 Å². The molecule has 0 bridgehead atoms. The van der Waals surface area contributed by atoms with Gasteiger partial charge in [0.1, 0.15) is 11.5 Å². The van der Waals surface area contributed by atoms with E-state index in [0.717, 1.165) is 29.6 Å². The molecule has 0 amide bonds. The fourth-order valence-electron chi connectivity index (χ4n) is 2.35. The number of thioether (sulfide) groups is 1. The minimum absolute atomic E-state index is 0.436. The molecular formula is C15H17NOS. The molecule has 0 saturated carbocycles. The van der Waals surface area contributed by atoms with Crippen LogP contribution >= 0.6 is 11.8 Å². The zero-order valence-corrected chi connectivity index (χ0v) is 11.3. The lowest BCUT2D eigenvalue weighted by Crippen LogP contribution is -2.26. The molecule has 0 fully saturated rings. The van der Waals surface area contributed by atoms with Crippen LogP contribution in [0.15, 0.2) is 40.8 Å². The highest BCUT2D eigenvalue weighted by Gasteiger charge is 2.19. The van der Waals surface area contributed by atoms with Gasteiger partial charge in [0.2, 0.25) is 0 Å². The summed E-state index contributed by atoms with van der Waals surface area (Å²) < 4.78 is 5.59. The summed E-state index contributed by atoms with van der Waals surface area (Å²) in [5, 5.41) is 3.59. The first-order valence-corrected chi connectivity index (χ1v) is 7.42. The van der Waals surface area contributed by atoms with Gasteiger partial charge in [-0.2, -0.15) is 11.8 Å². The summed E-state index contributed by atoms with van der Waals surface area (Å²) in [5.74, 6) is 4.26. The quantitative estimate of drug-likeness (QED) is 0.910. The molecule has 1 aromatic heterocycles. The lowest BCUT2D eigenvalue weighted by molar-refractivity contribution is 0.444. The molecular weight excluding hydrogens is 242 g/mol. The van der Waals surface area contributed by atoms with E-state index >= 15 is 0 Å². The maximum atomic E-state index is 5.59. The Kier molecular flexibility index (Phi) is 3.43. The van der Waals surface area contributed by atoms with Crippen LogP contribution in [-0.2, 0) is 12.3 Å². The molecule has 2 aromatic rings. The fraction of sp³-hybridized carbons (Fsp3) is 0.333. The molecule has 1 aromatic carbocycles. The van der Waals surface area contributed by atoms with Crippen LogP contribution < -0.4 is 5.32 Å². The third-order valence-electron chi connectivity index (χ3n) is 3.29. The summed E-state index contributed by atoms with van der Waals surface area (Å²) in [7, 11) is 0. The second-order valence-corrected chi connectivity index (χ2v) is 5.69. The molecule has 1 N–H and O–H groups in total. The zero-order valence-electron chi connectivity index (χ0n) is 10.5. The predicted molar refractivity (Wildman–Crippen MR) is 75.6 cm³/mol. The molecule has 1 atom stereocenters. The SMILES string of the molecule is Cc1ccc(CNC2CSCc3ccccc32)o1. The number of fused-ring (bicyclic) bond motifs is 1. The summed E-state index contributed by atoms with van der Waals surface area (Å²) in [6.45, 7) is 2.78. The van der Waals surface area contributed by atoms with Gasteiger partial charge in [0.05, 0.1) is 6.54 Å². The van der Waals surface area contributed by atoms with E-state index in [1.165, 1.54) is 11.1 Å². The van der Waals surface area contributed by atoms with Gasteiger partial charge < -0.3 is 9.73 Å². The number of rotatable bonds is 3. The van der Waals surface area contributed by atoms with Crippen LogP contribution in [0, 0.1) is 6.92 Å². The molecule has 1 aliphatic heterocycles. The summed E-state index contributed by atoms with van der Waals surface area (Å²) in [4.78, 5) is 0. The second-order valence-electron chi connectivity index (χ2n) is 4.66. The van der Waals surface area contributed by atoms with Crippen LogP contribution in [0.2, 0.25) is 0 Å². The normalized spacial score (nSPS) is 18.6. The first-order chi connectivity index (χ1) is 8.83. The van der Waals surface area contributed by atoms with E-state index in [4.69, 9.17) is 4.42 Å². The topological polar surface area (TPSA) is 25.2 Å². The molecule has 0 spiro atoms. The Morgan fingerprint density at radius 2 is 2.17 bits per heavy atom. The van der Waals surface area contributed by atoms with Gasteiger partial charge in [-0.05, 0) is 30.2 Å². The van der Waals surface area contributed by atoms with E-state index in [1.807, 2.05) is 30.8 Å². The first kappa shape index (κ1) is 11.9. The fourth-order valence-corrected chi connectivity index (χ4v) is 3.49. The Morgan fingerprint density at radius 1 is 1.28 bits per heavy atom. The Hall–Kier alpha value is -1.19. The smallest absolute Gasteiger partial charge is 0.117 e. The Balaban J connectivity index is 1.71. The van der Waals surface area contributed by atoms with E-state index in [2.05, 4.69) is 29.6 Å². The van der Waals surface area contributed by atoms with Gasteiger partial charge in [-0.25, -0.2) is 0 Å². The third kappa shape index (κ3) is 2.47. The third-order valence-corrected chi connectivity index (χ3v) is 4.38. The second kappa shape index (κ2) is 5.21. The van der Waals surface area contributed by atoms with Gasteiger partial charge in [0.15, 0.2) is 0 Å². The standard InChI is InChI=1S/C15H17NOS/c1-11-6-7-13(17-11)8-16-15-10-18-9-12-4-2-3-5-14(12)15/h2-7,15-16H,8-10H2,1H3. The lowest BCUT2D eigenvalue weighted by atomic mass is 10.0.